The number of ether oxygens (including phenoxy) is 1. The van der Waals surface area contributed by atoms with Gasteiger partial charge in [-0.3, -0.25) is 0 Å². The summed E-state index contributed by atoms with van der Waals surface area (Å²) >= 11 is 0. The fraction of sp³-hybridized carbons (Fsp3) is 0.600. The molecule has 0 saturated carbocycles. The molecule has 1 aliphatic rings. The van der Waals surface area contributed by atoms with Crippen molar-refractivity contribution in [2.75, 3.05) is 31.7 Å². The summed E-state index contributed by atoms with van der Waals surface area (Å²) in [5, 5.41) is 0. The Hall–Kier alpha value is -1.06. The van der Waals surface area contributed by atoms with Crippen LogP contribution in [0.4, 0.5) is 5.69 Å². The van der Waals surface area contributed by atoms with Gasteiger partial charge in [0.25, 0.3) is 0 Å². The number of nitrogens with zero attached hydrogens (tertiary/aromatic N) is 1. The van der Waals surface area contributed by atoms with Crippen LogP contribution in [0.5, 0.6) is 0 Å². The molecule has 18 heavy (non-hydrogen) atoms. The second-order valence-electron chi connectivity index (χ2n) is 5.07. The SMILES string of the molecule is COCCC(N)CN1CCCCc2ccccc21. The lowest BCUT2D eigenvalue weighted by Crippen LogP contribution is -2.38. The number of nitrogens with two attached hydrogens (primary N) is 1. The van der Waals surface area contributed by atoms with Crippen molar-refractivity contribution in [3.63, 3.8) is 0 Å². The lowest BCUT2D eigenvalue weighted by atomic mass is 10.1. The van der Waals surface area contributed by atoms with Crippen LogP contribution in [0.1, 0.15) is 24.8 Å². The molecule has 0 amide bonds. The van der Waals surface area contributed by atoms with Crippen molar-refractivity contribution in [2.45, 2.75) is 31.7 Å². The van der Waals surface area contributed by atoms with Gasteiger partial charge in [0, 0.05) is 38.5 Å². The highest BCUT2D eigenvalue weighted by Crippen LogP contribution is 2.26. The molecule has 2 rings (SSSR count). The van der Waals surface area contributed by atoms with E-state index in [9.17, 15) is 0 Å². The van der Waals surface area contributed by atoms with Gasteiger partial charge in [-0.05, 0) is 37.3 Å². The number of hydrogen-bond acceptors (Lipinski definition) is 3. The molecule has 0 spiro atoms. The van der Waals surface area contributed by atoms with Gasteiger partial charge < -0.3 is 15.4 Å². The predicted molar refractivity (Wildman–Crippen MR) is 76.1 cm³/mol. The van der Waals surface area contributed by atoms with E-state index in [-0.39, 0.29) is 6.04 Å². The van der Waals surface area contributed by atoms with Crippen molar-refractivity contribution >= 4 is 5.69 Å². The number of fused-ring (bicyclic) bond motifs is 1. The highest BCUT2D eigenvalue weighted by Gasteiger charge is 2.16. The number of aryl methyl sites for hydroxylation is 1. The second kappa shape index (κ2) is 6.76. The summed E-state index contributed by atoms with van der Waals surface area (Å²) < 4.78 is 5.10. The molecule has 0 radical (unpaired) electrons. The summed E-state index contributed by atoms with van der Waals surface area (Å²) in [5.41, 5.74) is 9.02. The Bertz CT molecular complexity index is 367. The molecule has 1 unspecified atom stereocenters. The fourth-order valence-corrected chi connectivity index (χ4v) is 2.60. The molecule has 3 heteroatoms. The molecule has 0 bridgehead atoms. The Morgan fingerprint density at radius 1 is 1.33 bits per heavy atom. The number of rotatable bonds is 5. The Kier molecular flexibility index (Phi) is 5.02. The van der Waals surface area contributed by atoms with Gasteiger partial charge in [0.1, 0.15) is 0 Å². The molecular formula is C15H24N2O. The van der Waals surface area contributed by atoms with Crippen LogP contribution in [0.15, 0.2) is 24.3 Å². The number of para-hydroxylation sites is 1. The molecule has 3 nitrogen and oxygen atoms in total. The van der Waals surface area contributed by atoms with Crippen molar-refractivity contribution in [3.05, 3.63) is 29.8 Å². The minimum Gasteiger partial charge on any atom is -0.385 e. The van der Waals surface area contributed by atoms with Gasteiger partial charge in [0.05, 0.1) is 0 Å². The first-order valence-electron chi connectivity index (χ1n) is 6.88. The second-order valence-corrected chi connectivity index (χ2v) is 5.07. The van der Waals surface area contributed by atoms with Crippen LogP contribution in [0.3, 0.4) is 0 Å². The summed E-state index contributed by atoms with van der Waals surface area (Å²) in [5.74, 6) is 0. The number of methoxy groups -OCH3 is 1. The van der Waals surface area contributed by atoms with E-state index in [1.807, 2.05) is 0 Å². The Morgan fingerprint density at radius 3 is 3.00 bits per heavy atom. The quantitative estimate of drug-likeness (QED) is 0.868. The zero-order valence-corrected chi connectivity index (χ0v) is 11.3. The van der Waals surface area contributed by atoms with Crippen LogP contribution in [0.25, 0.3) is 0 Å². The molecule has 100 valence electrons. The van der Waals surface area contributed by atoms with Crippen molar-refractivity contribution in [3.8, 4) is 0 Å². The molecule has 1 heterocycles. The topological polar surface area (TPSA) is 38.5 Å². The minimum atomic E-state index is 0.191. The molecule has 1 aliphatic heterocycles. The first-order chi connectivity index (χ1) is 8.81. The Balaban J connectivity index is 2.03. The molecule has 1 aromatic rings. The van der Waals surface area contributed by atoms with E-state index in [1.165, 1.54) is 30.5 Å². The van der Waals surface area contributed by atoms with Crippen LogP contribution in [-0.4, -0.2) is 32.8 Å². The van der Waals surface area contributed by atoms with Crippen LogP contribution in [0, 0.1) is 0 Å². The standard InChI is InChI=1S/C15H24N2O/c1-18-11-9-14(16)12-17-10-5-4-7-13-6-2-3-8-15(13)17/h2-3,6,8,14H,4-5,7,9-12,16H2,1H3. The van der Waals surface area contributed by atoms with Crippen molar-refractivity contribution in [2.24, 2.45) is 5.73 Å². The molecular weight excluding hydrogens is 224 g/mol. The fourth-order valence-electron chi connectivity index (χ4n) is 2.60. The third kappa shape index (κ3) is 3.47. The van der Waals surface area contributed by atoms with Crippen molar-refractivity contribution in [1.82, 2.24) is 0 Å². The van der Waals surface area contributed by atoms with Crippen molar-refractivity contribution in [1.29, 1.82) is 0 Å². The maximum atomic E-state index is 6.18. The predicted octanol–water partition coefficient (Wildman–Crippen LogP) is 2.19. The molecule has 0 aromatic heterocycles. The molecule has 0 aliphatic carbocycles. The highest BCUT2D eigenvalue weighted by molar-refractivity contribution is 5.54. The average molecular weight is 248 g/mol. The third-order valence-corrected chi connectivity index (χ3v) is 3.60. The smallest absolute Gasteiger partial charge is 0.0477 e. The van der Waals surface area contributed by atoms with E-state index in [0.29, 0.717) is 0 Å². The Morgan fingerprint density at radius 2 is 2.17 bits per heavy atom. The van der Waals surface area contributed by atoms with E-state index in [2.05, 4.69) is 29.2 Å². The zero-order valence-electron chi connectivity index (χ0n) is 11.3. The third-order valence-electron chi connectivity index (χ3n) is 3.60. The number of anilines is 1. The number of benzene rings is 1. The zero-order chi connectivity index (χ0) is 12.8. The molecule has 2 N–H and O–H groups in total. The van der Waals surface area contributed by atoms with Gasteiger partial charge in [-0.2, -0.15) is 0 Å². The highest BCUT2D eigenvalue weighted by atomic mass is 16.5. The van der Waals surface area contributed by atoms with Gasteiger partial charge in [0.15, 0.2) is 0 Å². The van der Waals surface area contributed by atoms with Gasteiger partial charge in [0.2, 0.25) is 0 Å². The molecule has 1 aromatic carbocycles. The van der Waals surface area contributed by atoms with E-state index < -0.39 is 0 Å². The first kappa shape index (κ1) is 13.4. The first-order valence-corrected chi connectivity index (χ1v) is 6.88. The molecule has 0 saturated heterocycles. The summed E-state index contributed by atoms with van der Waals surface area (Å²) in [6.45, 7) is 2.80. The monoisotopic (exact) mass is 248 g/mol. The summed E-state index contributed by atoms with van der Waals surface area (Å²) in [7, 11) is 1.73. The minimum absolute atomic E-state index is 0.191. The van der Waals surface area contributed by atoms with Crippen LogP contribution >= 0.6 is 0 Å². The summed E-state index contributed by atoms with van der Waals surface area (Å²) in [6, 6.07) is 8.92. The largest absolute Gasteiger partial charge is 0.385 e. The molecule has 0 fully saturated rings. The number of hydrogen-bond donors (Lipinski definition) is 1. The molecule has 1 atom stereocenters. The van der Waals surface area contributed by atoms with Gasteiger partial charge >= 0.3 is 0 Å². The van der Waals surface area contributed by atoms with Gasteiger partial charge in [-0.25, -0.2) is 0 Å². The normalized spacial score (nSPS) is 17.1. The van der Waals surface area contributed by atoms with E-state index in [0.717, 1.165) is 26.1 Å². The van der Waals surface area contributed by atoms with Crippen LogP contribution in [0.2, 0.25) is 0 Å². The lowest BCUT2D eigenvalue weighted by molar-refractivity contribution is 0.188. The van der Waals surface area contributed by atoms with Crippen LogP contribution < -0.4 is 10.6 Å². The van der Waals surface area contributed by atoms with E-state index in [1.54, 1.807) is 7.11 Å². The maximum Gasteiger partial charge on any atom is 0.0477 e. The van der Waals surface area contributed by atoms with E-state index >= 15 is 0 Å². The van der Waals surface area contributed by atoms with Crippen molar-refractivity contribution < 1.29 is 4.74 Å². The maximum absolute atomic E-state index is 6.18. The van der Waals surface area contributed by atoms with Gasteiger partial charge in [-0.15, -0.1) is 0 Å². The van der Waals surface area contributed by atoms with Crippen LogP contribution in [-0.2, 0) is 11.2 Å². The average Bonchev–Trinajstić information content (AvgIpc) is 2.59. The van der Waals surface area contributed by atoms with Gasteiger partial charge in [-0.1, -0.05) is 18.2 Å². The Labute approximate surface area is 110 Å². The summed E-state index contributed by atoms with van der Waals surface area (Å²) in [4.78, 5) is 2.45. The summed E-state index contributed by atoms with van der Waals surface area (Å²) in [6.07, 6.45) is 4.65. The lowest BCUT2D eigenvalue weighted by Gasteiger charge is -2.28. The van der Waals surface area contributed by atoms with E-state index in [4.69, 9.17) is 10.5 Å².